The molecule has 0 atom stereocenters. The Morgan fingerprint density at radius 3 is 2.20 bits per heavy atom. The largest absolute Gasteiger partial charge is 0.378 e. The van der Waals surface area contributed by atoms with Crippen LogP contribution >= 0.6 is 36.9 Å². The molecule has 0 aliphatic carbocycles. The fourth-order valence-electron chi connectivity index (χ4n) is 3.53. The molecule has 0 spiro atoms. The van der Waals surface area contributed by atoms with Crippen LogP contribution in [-0.4, -0.2) is 70.0 Å². The summed E-state index contributed by atoms with van der Waals surface area (Å²) in [7, 11) is 4.04. The van der Waals surface area contributed by atoms with Gasteiger partial charge in [0.2, 0.25) is 0 Å². The van der Waals surface area contributed by atoms with Gasteiger partial charge in [0.15, 0.2) is 0 Å². The zero-order valence-corrected chi connectivity index (χ0v) is 26.6. The van der Waals surface area contributed by atoms with Gasteiger partial charge < -0.3 is 25.4 Å². The van der Waals surface area contributed by atoms with Crippen LogP contribution in [-0.2, 0) is 22.4 Å². The summed E-state index contributed by atoms with van der Waals surface area (Å²) in [6.45, 7) is 8.36. The van der Waals surface area contributed by atoms with E-state index in [2.05, 4.69) is 61.6 Å². The van der Waals surface area contributed by atoms with E-state index in [9.17, 15) is 10.1 Å². The average Bonchev–Trinajstić information content (AvgIpc) is 2.95. The van der Waals surface area contributed by atoms with Crippen LogP contribution in [0, 0.1) is 17.0 Å². The van der Waals surface area contributed by atoms with Crippen molar-refractivity contribution in [3.63, 3.8) is 0 Å². The maximum atomic E-state index is 10.2. The molecular weight excluding hydrogens is 580 g/mol. The Morgan fingerprint density at radius 2 is 1.66 bits per heavy atom. The van der Waals surface area contributed by atoms with E-state index in [0.29, 0.717) is 31.3 Å². The van der Waals surface area contributed by atoms with Gasteiger partial charge in [0.25, 0.3) is 5.69 Å². The van der Waals surface area contributed by atoms with E-state index >= 15 is 0 Å². The zero-order chi connectivity index (χ0) is 30.5. The van der Waals surface area contributed by atoms with Crippen molar-refractivity contribution in [2.45, 2.75) is 29.7 Å². The minimum absolute atomic E-state index is 0.0471. The van der Waals surface area contributed by atoms with Gasteiger partial charge in [0, 0.05) is 42.2 Å². The Balaban J connectivity index is 0.000000279. The fourth-order valence-corrected chi connectivity index (χ4v) is 4.30. The molecule has 0 bridgehead atoms. The first-order valence-corrected chi connectivity index (χ1v) is 14.6. The number of benzene rings is 3. The Morgan fingerprint density at radius 1 is 1.02 bits per heavy atom. The summed E-state index contributed by atoms with van der Waals surface area (Å²) in [4.78, 5) is 13.4. The lowest BCUT2D eigenvalue weighted by atomic mass is 9.98. The van der Waals surface area contributed by atoms with E-state index < -0.39 is 4.92 Å². The van der Waals surface area contributed by atoms with Crippen LogP contribution in [0.3, 0.4) is 0 Å². The Hall–Kier alpha value is -2.15. The molecular formula is C30H43ClN4O4S2. The molecule has 8 nitrogen and oxygen atoms in total. The van der Waals surface area contributed by atoms with Crippen LogP contribution in [0.25, 0.3) is 0 Å². The first kappa shape index (κ1) is 36.9. The smallest absolute Gasteiger partial charge is 0.282 e. The highest BCUT2D eigenvalue weighted by Crippen LogP contribution is 2.27. The summed E-state index contributed by atoms with van der Waals surface area (Å²) in [6.07, 6.45) is 1.13. The molecule has 1 heterocycles. The van der Waals surface area contributed by atoms with Crippen LogP contribution in [0.2, 0.25) is 5.02 Å². The number of nitrogens with two attached hydrogens (primary N) is 1. The van der Waals surface area contributed by atoms with Crippen molar-refractivity contribution < 1.29 is 14.4 Å². The maximum absolute atomic E-state index is 10.2. The molecule has 11 heteroatoms. The molecule has 0 saturated carbocycles. The molecule has 1 aliphatic heterocycles. The summed E-state index contributed by atoms with van der Waals surface area (Å²) in [5.41, 5.74) is 9.29. The number of para-hydroxylation sites is 1. The van der Waals surface area contributed by atoms with Crippen molar-refractivity contribution in [1.29, 1.82) is 0 Å². The lowest BCUT2D eigenvalue weighted by Gasteiger charge is -2.26. The molecule has 0 amide bonds. The van der Waals surface area contributed by atoms with Gasteiger partial charge in [-0.15, -0.1) is 25.3 Å². The molecule has 3 N–H and O–H groups in total. The number of hydrogen-bond acceptors (Lipinski definition) is 9. The number of ether oxygens (including phenoxy) is 2. The second-order valence-electron chi connectivity index (χ2n) is 9.07. The number of hydrogen-bond donors (Lipinski definition) is 4. The van der Waals surface area contributed by atoms with Crippen molar-refractivity contribution >= 4 is 42.5 Å². The van der Waals surface area contributed by atoms with Crippen molar-refractivity contribution in [2.24, 2.45) is 5.73 Å². The molecule has 3 aromatic rings. The second kappa shape index (κ2) is 22.4. The van der Waals surface area contributed by atoms with Crippen LogP contribution in [0.1, 0.15) is 16.7 Å². The van der Waals surface area contributed by atoms with Gasteiger partial charge in [0.1, 0.15) is 0 Å². The fraction of sp³-hybridized carbons (Fsp3) is 0.400. The molecule has 1 aliphatic rings. The lowest BCUT2D eigenvalue weighted by Crippen LogP contribution is -2.26. The molecule has 226 valence electrons. The second-order valence-corrected chi connectivity index (χ2v) is 10.5. The van der Waals surface area contributed by atoms with E-state index in [1.807, 2.05) is 37.4 Å². The third-order valence-corrected chi connectivity index (χ3v) is 6.60. The molecule has 0 saturated heterocycles. The predicted molar refractivity (Wildman–Crippen MR) is 175 cm³/mol. The predicted octanol–water partition coefficient (Wildman–Crippen LogP) is 5.69. The van der Waals surface area contributed by atoms with E-state index in [1.54, 1.807) is 18.2 Å². The quantitative estimate of drug-likeness (QED) is 0.105. The highest BCUT2D eigenvalue weighted by molar-refractivity contribution is 7.80. The summed E-state index contributed by atoms with van der Waals surface area (Å²) >= 11 is 14.2. The van der Waals surface area contributed by atoms with Crippen LogP contribution in [0.5, 0.6) is 0 Å². The highest BCUT2D eigenvalue weighted by atomic mass is 35.5. The number of nitro benzene ring substituents is 1. The van der Waals surface area contributed by atoms with Crippen molar-refractivity contribution in [3.8, 4) is 0 Å². The van der Waals surface area contributed by atoms with Gasteiger partial charge in [0.05, 0.1) is 36.2 Å². The van der Waals surface area contributed by atoms with E-state index in [4.69, 9.17) is 26.8 Å². The normalized spacial score (nSPS) is 12.0. The number of thiol groups is 2. The molecule has 4 rings (SSSR count). The first-order chi connectivity index (χ1) is 19.7. The third-order valence-electron chi connectivity index (χ3n) is 5.59. The lowest BCUT2D eigenvalue weighted by molar-refractivity contribution is -0.387. The average molecular weight is 623 g/mol. The number of nitrogens with one attached hydrogen (secondary N) is 1. The first-order valence-electron chi connectivity index (χ1n) is 13.3. The van der Waals surface area contributed by atoms with Crippen LogP contribution in [0.15, 0.2) is 76.5 Å². The number of halogens is 1. The molecule has 41 heavy (non-hydrogen) atoms. The van der Waals surface area contributed by atoms with E-state index in [0.717, 1.165) is 42.6 Å². The Labute approximate surface area is 260 Å². The number of nitrogens with zero attached hydrogens (tertiary/aromatic N) is 2. The topological polar surface area (TPSA) is 103 Å². The summed E-state index contributed by atoms with van der Waals surface area (Å²) in [5.74, 6) is 0. The minimum Gasteiger partial charge on any atom is -0.378 e. The number of likely N-dealkylation sites (N-methyl/N-ethyl adjacent to an activating group) is 2. The highest BCUT2D eigenvalue weighted by Gasteiger charge is 2.15. The summed E-state index contributed by atoms with van der Waals surface area (Å²) in [5, 5.41) is 14.1. The SMILES string of the molecule is CNCCOCCOCCN.Cc1cc(Cl)c2c(c1)CCN(C)C2.O=[N+]([O-])c1ccccc1S.Sc1ccccc1. The van der Waals surface area contributed by atoms with Crippen molar-refractivity contribution in [2.75, 3.05) is 60.2 Å². The number of rotatable bonds is 9. The number of nitro groups is 1. The van der Waals surface area contributed by atoms with Gasteiger partial charge >= 0.3 is 0 Å². The maximum Gasteiger partial charge on any atom is 0.282 e. The Bertz CT molecular complexity index is 1130. The van der Waals surface area contributed by atoms with Gasteiger partial charge in [-0.1, -0.05) is 48.0 Å². The minimum atomic E-state index is -0.456. The van der Waals surface area contributed by atoms with E-state index in [-0.39, 0.29) is 5.69 Å². The Kier molecular flexibility index (Phi) is 20.2. The summed E-state index contributed by atoms with van der Waals surface area (Å²) in [6, 6.07) is 20.4. The van der Waals surface area contributed by atoms with Crippen LogP contribution < -0.4 is 11.1 Å². The molecule has 0 radical (unpaired) electrons. The standard InChI is InChI=1S/C11H14ClN.C7H18N2O2.C6H5NO2S.C6H6S/c1-8-5-9-3-4-13(2)7-10(9)11(12)6-8;1-9-3-5-11-7-6-10-4-2-8;8-7(9)5-3-1-2-4-6(5)10;7-6-4-2-1-3-5-6/h5-6H,3-4,7H2,1-2H3;9H,2-8H2,1H3;1-4,10H;1-5,7H. The van der Waals surface area contributed by atoms with Gasteiger partial charge in [-0.05, 0) is 68.4 Å². The molecule has 3 aromatic carbocycles. The van der Waals surface area contributed by atoms with Gasteiger partial charge in [-0.25, -0.2) is 0 Å². The monoisotopic (exact) mass is 622 g/mol. The molecule has 0 aromatic heterocycles. The summed E-state index contributed by atoms with van der Waals surface area (Å²) < 4.78 is 10.3. The molecule has 0 unspecified atom stereocenters. The zero-order valence-electron chi connectivity index (χ0n) is 24.1. The number of aryl methyl sites for hydroxylation is 1. The third kappa shape index (κ3) is 16.8. The van der Waals surface area contributed by atoms with Crippen molar-refractivity contribution in [3.05, 3.63) is 98.6 Å². The molecule has 0 fully saturated rings. The van der Waals surface area contributed by atoms with Crippen molar-refractivity contribution in [1.82, 2.24) is 10.2 Å². The van der Waals surface area contributed by atoms with Crippen LogP contribution in [0.4, 0.5) is 5.69 Å². The number of fused-ring (bicyclic) bond motifs is 1. The van der Waals surface area contributed by atoms with E-state index in [1.165, 1.54) is 22.8 Å². The van der Waals surface area contributed by atoms with Gasteiger partial charge in [-0.2, -0.15) is 0 Å². The van der Waals surface area contributed by atoms with Gasteiger partial charge in [-0.3, -0.25) is 10.1 Å².